The standard InChI is InChI=1S/C14H19N3/c1-10-5-4-6-11(2)14(10)12(15)9-13-16-7-8-17(13)3/h4-8,12H,9,15H2,1-3H3. The Balaban J connectivity index is 2.26. The third-order valence-electron chi connectivity index (χ3n) is 3.24. The monoisotopic (exact) mass is 229 g/mol. The number of aryl methyl sites for hydroxylation is 3. The second-order valence-corrected chi connectivity index (χ2v) is 4.57. The van der Waals surface area contributed by atoms with Crippen molar-refractivity contribution < 1.29 is 0 Å². The summed E-state index contributed by atoms with van der Waals surface area (Å²) in [5, 5.41) is 0. The summed E-state index contributed by atoms with van der Waals surface area (Å²) < 4.78 is 2.02. The fraction of sp³-hybridized carbons (Fsp3) is 0.357. The highest BCUT2D eigenvalue weighted by Gasteiger charge is 2.14. The first-order chi connectivity index (χ1) is 8.09. The third-order valence-corrected chi connectivity index (χ3v) is 3.24. The highest BCUT2D eigenvalue weighted by molar-refractivity contribution is 5.36. The number of aromatic nitrogens is 2. The number of nitrogens with zero attached hydrogens (tertiary/aromatic N) is 2. The Morgan fingerprint density at radius 1 is 1.29 bits per heavy atom. The smallest absolute Gasteiger partial charge is 0.110 e. The lowest BCUT2D eigenvalue weighted by atomic mass is 9.94. The lowest BCUT2D eigenvalue weighted by Gasteiger charge is -2.17. The molecule has 90 valence electrons. The zero-order chi connectivity index (χ0) is 12.4. The Morgan fingerprint density at radius 3 is 2.47 bits per heavy atom. The molecular weight excluding hydrogens is 210 g/mol. The van der Waals surface area contributed by atoms with Crippen molar-refractivity contribution in [2.45, 2.75) is 26.3 Å². The fourth-order valence-corrected chi connectivity index (χ4v) is 2.30. The average molecular weight is 229 g/mol. The van der Waals surface area contributed by atoms with E-state index in [1.165, 1.54) is 16.7 Å². The van der Waals surface area contributed by atoms with Gasteiger partial charge in [-0.25, -0.2) is 4.98 Å². The largest absolute Gasteiger partial charge is 0.338 e. The van der Waals surface area contributed by atoms with Crippen molar-refractivity contribution in [3.05, 3.63) is 53.1 Å². The van der Waals surface area contributed by atoms with Crippen molar-refractivity contribution in [3.8, 4) is 0 Å². The van der Waals surface area contributed by atoms with Crippen molar-refractivity contribution in [2.75, 3.05) is 0 Å². The van der Waals surface area contributed by atoms with Crippen LogP contribution in [0.1, 0.15) is 28.6 Å². The van der Waals surface area contributed by atoms with E-state index in [1.54, 1.807) is 0 Å². The Bertz CT molecular complexity index is 494. The van der Waals surface area contributed by atoms with Gasteiger partial charge in [0.15, 0.2) is 0 Å². The maximum absolute atomic E-state index is 6.30. The molecule has 0 bridgehead atoms. The minimum Gasteiger partial charge on any atom is -0.338 e. The van der Waals surface area contributed by atoms with Gasteiger partial charge in [0, 0.05) is 31.9 Å². The van der Waals surface area contributed by atoms with Crippen LogP contribution in [-0.4, -0.2) is 9.55 Å². The number of rotatable bonds is 3. The van der Waals surface area contributed by atoms with E-state index in [4.69, 9.17) is 5.73 Å². The van der Waals surface area contributed by atoms with E-state index < -0.39 is 0 Å². The van der Waals surface area contributed by atoms with E-state index in [0.717, 1.165) is 12.2 Å². The van der Waals surface area contributed by atoms with Crippen molar-refractivity contribution in [1.29, 1.82) is 0 Å². The van der Waals surface area contributed by atoms with Gasteiger partial charge in [-0.3, -0.25) is 0 Å². The van der Waals surface area contributed by atoms with Gasteiger partial charge < -0.3 is 10.3 Å². The molecule has 1 aromatic carbocycles. The first-order valence-corrected chi connectivity index (χ1v) is 5.87. The van der Waals surface area contributed by atoms with Gasteiger partial charge in [-0.15, -0.1) is 0 Å². The summed E-state index contributed by atoms with van der Waals surface area (Å²) >= 11 is 0. The highest BCUT2D eigenvalue weighted by Crippen LogP contribution is 2.22. The second-order valence-electron chi connectivity index (χ2n) is 4.57. The summed E-state index contributed by atoms with van der Waals surface area (Å²) in [5.74, 6) is 1.03. The molecule has 0 radical (unpaired) electrons. The van der Waals surface area contributed by atoms with Crippen LogP contribution < -0.4 is 5.73 Å². The summed E-state index contributed by atoms with van der Waals surface area (Å²) in [6, 6.07) is 6.31. The Morgan fingerprint density at radius 2 is 1.94 bits per heavy atom. The molecule has 0 aliphatic rings. The van der Waals surface area contributed by atoms with E-state index in [9.17, 15) is 0 Å². The average Bonchev–Trinajstić information content (AvgIpc) is 2.64. The quantitative estimate of drug-likeness (QED) is 0.877. The molecule has 17 heavy (non-hydrogen) atoms. The van der Waals surface area contributed by atoms with Crippen molar-refractivity contribution in [2.24, 2.45) is 12.8 Å². The summed E-state index contributed by atoms with van der Waals surface area (Å²) in [4.78, 5) is 4.32. The van der Waals surface area contributed by atoms with Crippen molar-refractivity contribution in [3.63, 3.8) is 0 Å². The number of imidazole rings is 1. The van der Waals surface area contributed by atoms with Gasteiger partial charge in [-0.05, 0) is 30.5 Å². The van der Waals surface area contributed by atoms with Gasteiger partial charge in [0.25, 0.3) is 0 Å². The molecule has 3 heteroatoms. The molecule has 1 aromatic heterocycles. The van der Waals surface area contributed by atoms with Gasteiger partial charge in [0.2, 0.25) is 0 Å². The van der Waals surface area contributed by atoms with Crippen LogP contribution in [0.5, 0.6) is 0 Å². The minimum atomic E-state index is 0.0114. The molecule has 2 N–H and O–H groups in total. The molecule has 0 saturated carbocycles. The third kappa shape index (κ3) is 2.39. The maximum Gasteiger partial charge on any atom is 0.110 e. The van der Waals surface area contributed by atoms with Gasteiger partial charge in [0.1, 0.15) is 5.82 Å². The highest BCUT2D eigenvalue weighted by atomic mass is 15.0. The zero-order valence-corrected chi connectivity index (χ0v) is 10.6. The molecule has 2 aromatic rings. The second kappa shape index (κ2) is 4.72. The number of benzene rings is 1. The molecule has 1 unspecified atom stereocenters. The summed E-state index contributed by atoms with van der Waals surface area (Å²) in [5.41, 5.74) is 10.1. The first kappa shape index (κ1) is 11.9. The van der Waals surface area contributed by atoms with E-state index in [1.807, 2.05) is 24.0 Å². The van der Waals surface area contributed by atoms with Crippen LogP contribution in [0.25, 0.3) is 0 Å². The fourth-order valence-electron chi connectivity index (χ4n) is 2.30. The minimum absolute atomic E-state index is 0.0114. The van der Waals surface area contributed by atoms with Crippen molar-refractivity contribution in [1.82, 2.24) is 9.55 Å². The van der Waals surface area contributed by atoms with Crippen LogP contribution in [0.3, 0.4) is 0 Å². The summed E-state index contributed by atoms with van der Waals surface area (Å²) in [6.07, 6.45) is 4.54. The molecule has 1 heterocycles. The van der Waals surface area contributed by atoms with Gasteiger partial charge in [-0.2, -0.15) is 0 Å². The SMILES string of the molecule is Cc1cccc(C)c1C(N)Cc1nccn1C. The molecule has 2 rings (SSSR count). The summed E-state index contributed by atoms with van der Waals surface area (Å²) in [7, 11) is 2.00. The van der Waals surface area contributed by atoms with Crippen LogP contribution in [0.2, 0.25) is 0 Å². The Hall–Kier alpha value is -1.61. The normalized spacial score (nSPS) is 12.7. The molecule has 0 aliphatic heterocycles. The molecule has 1 atom stereocenters. The topological polar surface area (TPSA) is 43.8 Å². The van der Waals surface area contributed by atoms with E-state index in [2.05, 4.69) is 37.0 Å². The summed E-state index contributed by atoms with van der Waals surface area (Å²) in [6.45, 7) is 4.22. The Kier molecular flexibility index (Phi) is 3.29. The lowest BCUT2D eigenvalue weighted by molar-refractivity contribution is 0.653. The predicted octanol–water partition coefficient (Wildman–Crippen LogP) is 2.28. The van der Waals surface area contributed by atoms with E-state index in [0.29, 0.717) is 0 Å². The maximum atomic E-state index is 6.30. The van der Waals surface area contributed by atoms with Gasteiger partial charge in [-0.1, -0.05) is 18.2 Å². The van der Waals surface area contributed by atoms with Gasteiger partial charge >= 0.3 is 0 Å². The number of hydrogen-bond donors (Lipinski definition) is 1. The van der Waals surface area contributed by atoms with Crippen molar-refractivity contribution >= 4 is 0 Å². The number of hydrogen-bond acceptors (Lipinski definition) is 2. The molecule has 0 spiro atoms. The first-order valence-electron chi connectivity index (χ1n) is 5.87. The number of nitrogens with two attached hydrogens (primary N) is 1. The zero-order valence-electron chi connectivity index (χ0n) is 10.6. The van der Waals surface area contributed by atoms with E-state index >= 15 is 0 Å². The molecule has 0 amide bonds. The van der Waals surface area contributed by atoms with Crippen LogP contribution in [0.4, 0.5) is 0 Å². The van der Waals surface area contributed by atoms with Crippen LogP contribution in [-0.2, 0) is 13.5 Å². The molecular formula is C14H19N3. The molecule has 0 saturated heterocycles. The lowest BCUT2D eigenvalue weighted by Crippen LogP contribution is -2.18. The van der Waals surface area contributed by atoms with E-state index in [-0.39, 0.29) is 6.04 Å². The van der Waals surface area contributed by atoms with Crippen LogP contribution in [0.15, 0.2) is 30.6 Å². The Labute approximate surface area is 102 Å². The molecule has 0 aliphatic carbocycles. The predicted molar refractivity (Wildman–Crippen MR) is 69.8 cm³/mol. The van der Waals surface area contributed by atoms with Gasteiger partial charge in [0.05, 0.1) is 0 Å². The molecule has 0 fully saturated rings. The van der Waals surface area contributed by atoms with Crippen LogP contribution in [0, 0.1) is 13.8 Å². The van der Waals surface area contributed by atoms with Crippen LogP contribution >= 0.6 is 0 Å². The molecule has 3 nitrogen and oxygen atoms in total.